The third-order valence-corrected chi connectivity index (χ3v) is 4.67. The second-order valence-corrected chi connectivity index (χ2v) is 7.04. The minimum Gasteiger partial charge on any atom is -0.455 e. The van der Waals surface area contributed by atoms with Gasteiger partial charge in [-0.05, 0) is 37.1 Å². The lowest BCUT2D eigenvalue weighted by atomic mass is 10.2. The van der Waals surface area contributed by atoms with Crippen LogP contribution in [-0.4, -0.2) is 36.0 Å². The highest BCUT2D eigenvalue weighted by Crippen LogP contribution is 2.23. The topological polar surface area (TPSA) is 74.9 Å². The Morgan fingerprint density at radius 3 is 2.81 bits per heavy atom. The summed E-state index contributed by atoms with van der Waals surface area (Å²) in [5.41, 5.74) is 3.40. The molecule has 0 unspecified atom stereocenters. The van der Waals surface area contributed by atoms with Crippen molar-refractivity contribution in [3.05, 3.63) is 46.6 Å². The van der Waals surface area contributed by atoms with E-state index < -0.39 is 0 Å². The standard InChI is InChI=1S/C19H20BrN3O3/c20-15-7-5-14(6-8-15)17-10-9-16(26-17)12-21-22-18(24)13-23-11-3-1-2-4-19(23)25/h5-10,12H,1-4,11,13H2,(H,22,24)/b21-12-. The van der Waals surface area contributed by atoms with Crippen molar-refractivity contribution in [1.82, 2.24) is 10.3 Å². The van der Waals surface area contributed by atoms with E-state index in [4.69, 9.17) is 4.42 Å². The highest BCUT2D eigenvalue weighted by molar-refractivity contribution is 9.10. The minimum atomic E-state index is -0.309. The first-order valence-electron chi connectivity index (χ1n) is 8.57. The van der Waals surface area contributed by atoms with Crippen molar-refractivity contribution < 1.29 is 14.0 Å². The van der Waals surface area contributed by atoms with Gasteiger partial charge in [0.1, 0.15) is 18.1 Å². The van der Waals surface area contributed by atoms with Crippen LogP contribution in [0.5, 0.6) is 0 Å². The summed E-state index contributed by atoms with van der Waals surface area (Å²) in [4.78, 5) is 25.5. The van der Waals surface area contributed by atoms with Crippen molar-refractivity contribution in [3.63, 3.8) is 0 Å². The summed E-state index contributed by atoms with van der Waals surface area (Å²) in [6.45, 7) is 0.670. The molecule has 6 nitrogen and oxygen atoms in total. The maximum atomic E-state index is 12.0. The molecule has 3 rings (SSSR count). The Labute approximate surface area is 160 Å². The maximum Gasteiger partial charge on any atom is 0.259 e. The number of benzene rings is 1. The van der Waals surface area contributed by atoms with Gasteiger partial charge in [0, 0.05) is 23.0 Å². The van der Waals surface area contributed by atoms with E-state index in [-0.39, 0.29) is 18.4 Å². The number of hydrogen-bond donors (Lipinski definition) is 1. The van der Waals surface area contributed by atoms with E-state index in [1.807, 2.05) is 30.3 Å². The van der Waals surface area contributed by atoms with Crippen molar-refractivity contribution in [3.8, 4) is 11.3 Å². The number of nitrogens with zero attached hydrogens (tertiary/aromatic N) is 2. The van der Waals surface area contributed by atoms with E-state index in [2.05, 4.69) is 26.5 Å². The molecule has 1 aromatic carbocycles. The number of rotatable bonds is 5. The summed E-state index contributed by atoms with van der Waals surface area (Å²) in [5, 5.41) is 3.91. The second-order valence-electron chi connectivity index (χ2n) is 6.13. The molecule has 1 fully saturated rings. The molecule has 1 aliphatic rings. The molecule has 1 aromatic heterocycles. The fourth-order valence-electron chi connectivity index (χ4n) is 2.77. The van der Waals surface area contributed by atoms with Crippen molar-refractivity contribution >= 4 is 34.0 Å². The number of nitrogens with one attached hydrogen (secondary N) is 1. The third-order valence-electron chi connectivity index (χ3n) is 4.14. The first-order chi connectivity index (χ1) is 12.6. The van der Waals surface area contributed by atoms with Gasteiger partial charge in [0.05, 0.1) is 6.21 Å². The zero-order valence-electron chi connectivity index (χ0n) is 14.3. The van der Waals surface area contributed by atoms with Crippen LogP contribution in [0.25, 0.3) is 11.3 Å². The van der Waals surface area contributed by atoms with Gasteiger partial charge in [-0.2, -0.15) is 5.10 Å². The van der Waals surface area contributed by atoms with E-state index in [1.165, 1.54) is 6.21 Å². The molecule has 26 heavy (non-hydrogen) atoms. The number of furan rings is 1. The predicted octanol–water partition coefficient (Wildman–Crippen LogP) is 3.56. The van der Waals surface area contributed by atoms with E-state index in [9.17, 15) is 9.59 Å². The monoisotopic (exact) mass is 417 g/mol. The lowest BCUT2D eigenvalue weighted by molar-refractivity contribution is -0.135. The second kappa shape index (κ2) is 8.80. The maximum absolute atomic E-state index is 12.0. The van der Waals surface area contributed by atoms with E-state index in [1.54, 1.807) is 11.0 Å². The first-order valence-corrected chi connectivity index (χ1v) is 9.36. The highest BCUT2D eigenvalue weighted by Gasteiger charge is 2.18. The summed E-state index contributed by atoms with van der Waals surface area (Å²) in [5.74, 6) is 0.984. The lowest BCUT2D eigenvalue weighted by Crippen LogP contribution is -2.39. The van der Waals surface area contributed by atoms with Crippen LogP contribution in [0.15, 0.2) is 50.4 Å². The minimum absolute atomic E-state index is 0.0341. The van der Waals surface area contributed by atoms with Gasteiger partial charge >= 0.3 is 0 Å². The van der Waals surface area contributed by atoms with E-state index in [0.29, 0.717) is 18.7 Å². The molecule has 2 aromatic rings. The molecule has 0 bridgehead atoms. The fraction of sp³-hybridized carbons (Fsp3) is 0.316. The molecule has 1 aliphatic heterocycles. The van der Waals surface area contributed by atoms with Crippen LogP contribution in [0.1, 0.15) is 31.4 Å². The molecule has 0 radical (unpaired) electrons. The molecule has 2 amide bonds. The Balaban J connectivity index is 1.53. The Morgan fingerprint density at radius 2 is 2.00 bits per heavy atom. The summed E-state index contributed by atoms with van der Waals surface area (Å²) < 4.78 is 6.69. The molecule has 7 heteroatoms. The zero-order chi connectivity index (χ0) is 18.4. The van der Waals surface area contributed by atoms with Gasteiger partial charge in [-0.15, -0.1) is 0 Å². The number of amides is 2. The predicted molar refractivity (Wildman–Crippen MR) is 103 cm³/mol. The Hall–Kier alpha value is -2.41. The molecule has 136 valence electrons. The van der Waals surface area contributed by atoms with Crippen LogP contribution in [0.4, 0.5) is 0 Å². The average Bonchev–Trinajstić information content (AvgIpc) is 3.00. The third kappa shape index (κ3) is 5.05. The lowest BCUT2D eigenvalue weighted by Gasteiger charge is -2.18. The summed E-state index contributed by atoms with van der Waals surface area (Å²) in [6, 6.07) is 11.4. The van der Waals surface area contributed by atoms with Gasteiger partial charge in [0.25, 0.3) is 5.91 Å². The normalized spacial score (nSPS) is 15.3. The molecule has 1 N–H and O–H groups in total. The number of carbonyl (C=O) groups excluding carboxylic acids is 2. The molecule has 1 saturated heterocycles. The number of likely N-dealkylation sites (tertiary alicyclic amines) is 1. The SMILES string of the molecule is O=C(CN1CCCCCC1=O)N/N=C\c1ccc(-c2ccc(Br)cc2)o1. The van der Waals surface area contributed by atoms with Crippen LogP contribution in [0.2, 0.25) is 0 Å². The van der Waals surface area contributed by atoms with Gasteiger partial charge in [-0.3, -0.25) is 9.59 Å². The van der Waals surface area contributed by atoms with Crippen molar-refractivity contribution in [2.24, 2.45) is 5.10 Å². The van der Waals surface area contributed by atoms with Gasteiger partial charge in [0.15, 0.2) is 0 Å². The van der Waals surface area contributed by atoms with Gasteiger partial charge < -0.3 is 9.32 Å². The number of carbonyl (C=O) groups is 2. The molecule has 2 heterocycles. The molecule has 0 saturated carbocycles. The highest BCUT2D eigenvalue weighted by atomic mass is 79.9. The Morgan fingerprint density at radius 1 is 1.19 bits per heavy atom. The Bertz CT molecular complexity index is 799. The quantitative estimate of drug-likeness (QED) is 0.596. The van der Waals surface area contributed by atoms with Crippen molar-refractivity contribution in [2.75, 3.05) is 13.1 Å². The Kier molecular flexibility index (Phi) is 6.22. The van der Waals surface area contributed by atoms with Crippen molar-refractivity contribution in [1.29, 1.82) is 0 Å². The molecular weight excluding hydrogens is 398 g/mol. The molecule has 0 spiro atoms. The van der Waals surface area contributed by atoms with Crippen LogP contribution in [0.3, 0.4) is 0 Å². The zero-order valence-corrected chi connectivity index (χ0v) is 15.9. The van der Waals surface area contributed by atoms with Crippen LogP contribution in [0, 0.1) is 0 Å². The number of halogens is 1. The van der Waals surface area contributed by atoms with Crippen LogP contribution >= 0.6 is 15.9 Å². The molecular formula is C19H20BrN3O3. The number of hydrazone groups is 1. The van der Waals surface area contributed by atoms with Crippen molar-refractivity contribution in [2.45, 2.75) is 25.7 Å². The molecule has 0 atom stereocenters. The first kappa shape index (κ1) is 18.4. The molecule has 0 aliphatic carbocycles. The van der Waals surface area contributed by atoms with Gasteiger partial charge in [-0.25, -0.2) is 5.43 Å². The fourth-order valence-corrected chi connectivity index (χ4v) is 3.04. The smallest absolute Gasteiger partial charge is 0.259 e. The van der Waals surface area contributed by atoms with Gasteiger partial charge in [-0.1, -0.05) is 34.5 Å². The van der Waals surface area contributed by atoms with Gasteiger partial charge in [0.2, 0.25) is 5.91 Å². The summed E-state index contributed by atoms with van der Waals surface area (Å²) in [6.07, 6.45) is 4.83. The van der Waals surface area contributed by atoms with E-state index in [0.717, 1.165) is 35.1 Å². The summed E-state index contributed by atoms with van der Waals surface area (Å²) >= 11 is 3.40. The average molecular weight is 418 g/mol. The van der Waals surface area contributed by atoms with Crippen LogP contribution < -0.4 is 5.43 Å². The van der Waals surface area contributed by atoms with Crippen LogP contribution in [-0.2, 0) is 9.59 Å². The van der Waals surface area contributed by atoms with E-state index >= 15 is 0 Å². The largest absolute Gasteiger partial charge is 0.455 e. The number of hydrogen-bond acceptors (Lipinski definition) is 4. The summed E-state index contributed by atoms with van der Waals surface area (Å²) in [7, 11) is 0.